The number of hydrogen-bond acceptors (Lipinski definition) is 5. The van der Waals surface area contributed by atoms with E-state index >= 15 is 0 Å². The van der Waals surface area contributed by atoms with Gasteiger partial charge in [0.2, 0.25) is 0 Å². The van der Waals surface area contributed by atoms with Crippen LogP contribution in [0.3, 0.4) is 0 Å². The van der Waals surface area contributed by atoms with Crippen molar-refractivity contribution in [3.63, 3.8) is 0 Å². The number of carbonyl (C=O) groups excluding carboxylic acids is 3. The summed E-state index contributed by atoms with van der Waals surface area (Å²) in [5.74, 6) is -1.14. The smallest absolute Gasteiger partial charge is 0.329 e. The van der Waals surface area contributed by atoms with E-state index in [4.69, 9.17) is 4.74 Å². The van der Waals surface area contributed by atoms with Crippen LogP contribution in [0.2, 0.25) is 0 Å². The largest absolute Gasteiger partial charge is 0.484 e. The zero-order valence-corrected chi connectivity index (χ0v) is 17.2. The average Bonchev–Trinajstić information content (AvgIpc) is 3.30. The Balaban J connectivity index is 1.36. The Hall–Kier alpha value is -3.68. The SMILES string of the molecule is O=C(COc1ccc(/C=N\NC(=O)C(=O)NC2CCCC2)cc1)NCc1ccccc1. The van der Waals surface area contributed by atoms with Gasteiger partial charge in [-0.3, -0.25) is 14.4 Å². The van der Waals surface area contributed by atoms with Gasteiger partial charge >= 0.3 is 11.8 Å². The molecule has 2 aromatic rings. The van der Waals surface area contributed by atoms with Crippen molar-refractivity contribution in [1.82, 2.24) is 16.1 Å². The summed E-state index contributed by atoms with van der Waals surface area (Å²) < 4.78 is 5.47. The number of rotatable bonds is 8. The van der Waals surface area contributed by atoms with Crippen LogP contribution in [0.1, 0.15) is 36.8 Å². The van der Waals surface area contributed by atoms with Gasteiger partial charge in [-0.15, -0.1) is 0 Å². The van der Waals surface area contributed by atoms with Gasteiger partial charge in [0, 0.05) is 12.6 Å². The summed E-state index contributed by atoms with van der Waals surface area (Å²) in [5.41, 5.74) is 3.94. The topological polar surface area (TPSA) is 109 Å². The molecular weight excluding hydrogens is 396 g/mol. The number of carbonyl (C=O) groups is 3. The fourth-order valence-electron chi connectivity index (χ4n) is 3.18. The van der Waals surface area contributed by atoms with Gasteiger partial charge in [-0.05, 0) is 48.2 Å². The highest BCUT2D eigenvalue weighted by atomic mass is 16.5. The number of hydrazone groups is 1. The summed E-state index contributed by atoms with van der Waals surface area (Å²) in [5, 5.41) is 9.30. The molecule has 0 spiro atoms. The normalized spacial score (nSPS) is 13.7. The minimum atomic E-state index is -0.787. The Kier molecular flexibility index (Phi) is 8.16. The number of ether oxygens (including phenoxy) is 1. The molecule has 0 aromatic heterocycles. The monoisotopic (exact) mass is 422 g/mol. The van der Waals surface area contributed by atoms with Crippen molar-refractivity contribution in [1.29, 1.82) is 0 Å². The van der Waals surface area contributed by atoms with Gasteiger partial charge < -0.3 is 15.4 Å². The van der Waals surface area contributed by atoms with Crippen LogP contribution >= 0.6 is 0 Å². The molecule has 0 heterocycles. The maximum absolute atomic E-state index is 11.9. The molecule has 0 radical (unpaired) electrons. The van der Waals surface area contributed by atoms with E-state index in [9.17, 15) is 14.4 Å². The number of amides is 3. The summed E-state index contributed by atoms with van der Waals surface area (Å²) in [6, 6.07) is 16.6. The number of benzene rings is 2. The summed E-state index contributed by atoms with van der Waals surface area (Å²) >= 11 is 0. The van der Waals surface area contributed by atoms with Crippen LogP contribution in [0.15, 0.2) is 59.7 Å². The fourth-order valence-corrected chi connectivity index (χ4v) is 3.18. The predicted octanol–water partition coefficient (Wildman–Crippen LogP) is 1.89. The Morgan fingerprint density at radius 2 is 1.68 bits per heavy atom. The van der Waals surface area contributed by atoms with Crippen molar-refractivity contribution in [3.05, 3.63) is 65.7 Å². The van der Waals surface area contributed by atoms with Crippen LogP contribution in [0.5, 0.6) is 5.75 Å². The summed E-state index contributed by atoms with van der Waals surface area (Å²) in [6.45, 7) is 0.356. The number of nitrogens with one attached hydrogen (secondary N) is 3. The average molecular weight is 422 g/mol. The highest BCUT2D eigenvalue weighted by Gasteiger charge is 2.20. The molecule has 3 amide bonds. The van der Waals surface area contributed by atoms with E-state index in [0.717, 1.165) is 31.2 Å². The highest BCUT2D eigenvalue weighted by molar-refractivity contribution is 6.35. The molecule has 8 heteroatoms. The molecule has 3 N–H and O–H groups in total. The lowest BCUT2D eigenvalue weighted by molar-refractivity contribution is -0.139. The van der Waals surface area contributed by atoms with E-state index in [1.165, 1.54) is 6.21 Å². The Morgan fingerprint density at radius 3 is 2.39 bits per heavy atom. The van der Waals surface area contributed by atoms with Crippen LogP contribution in [0, 0.1) is 0 Å². The second kappa shape index (κ2) is 11.5. The molecule has 1 aliphatic rings. The zero-order valence-electron chi connectivity index (χ0n) is 17.2. The van der Waals surface area contributed by atoms with Gasteiger partial charge in [-0.2, -0.15) is 5.10 Å². The fraction of sp³-hybridized carbons (Fsp3) is 0.304. The van der Waals surface area contributed by atoms with Gasteiger partial charge in [0.25, 0.3) is 5.91 Å². The minimum absolute atomic E-state index is 0.0789. The molecule has 0 aliphatic heterocycles. The van der Waals surface area contributed by atoms with E-state index in [0.29, 0.717) is 17.9 Å². The standard InChI is InChI=1S/C23H26N4O4/c28-21(24-14-17-6-2-1-3-7-17)16-31-20-12-10-18(11-13-20)15-25-27-23(30)22(29)26-19-8-4-5-9-19/h1-3,6-7,10-13,15,19H,4-5,8-9,14,16H2,(H,24,28)(H,26,29)(H,27,30)/b25-15-. The maximum Gasteiger partial charge on any atom is 0.329 e. The maximum atomic E-state index is 11.9. The third-order valence-corrected chi connectivity index (χ3v) is 4.86. The second-order valence-electron chi connectivity index (χ2n) is 7.27. The quantitative estimate of drug-likeness (QED) is 0.343. The van der Waals surface area contributed by atoms with Crippen molar-refractivity contribution in [2.24, 2.45) is 5.10 Å². The molecule has 1 saturated carbocycles. The molecule has 0 saturated heterocycles. The lowest BCUT2D eigenvalue weighted by Crippen LogP contribution is -2.42. The molecular formula is C23H26N4O4. The van der Waals surface area contributed by atoms with Gasteiger partial charge in [-0.1, -0.05) is 43.2 Å². The van der Waals surface area contributed by atoms with Crippen molar-refractivity contribution in [2.45, 2.75) is 38.3 Å². The van der Waals surface area contributed by atoms with Crippen LogP contribution in [0.25, 0.3) is 0 Å². The van der Waals surface area contributed by atoms with Crippen LogP contribution < -0.4 is 20.8 Å². The molecule has 0 atom stereocenters. The van der Waals surface area contributed by atoms with E-state index in [1.54, 1.807) is 24.3 Å². The first-order chi connectivity index (χ1) is 15.1. The van der Waals surface area contributed by atoms with E-state index in [2.05, 4.69) is 21.2 Å². The Morgan fingerprint density at radius 1 is 0.968 bits per heavy atom. The molecule has 31 heavy (non-hydrogen) atoms. The molecule has 0 bridgehead atoms. The Bertz CT molecular complexity index is 907. The summed E-state index contributed by atoms with van der Waals surface area (Å²) in [7, 11) is 0. The van der Waals surface area contributed by atoms with E-state index in [1.807, 2.05) is 30.3 Å². The second-order valence-corrected chi connectivity index (χ2v) is 7.27. The van der Waals surface area contributed by atoms with Crippen LogP contribution in [-0.4, -0.2) is 36.6 Å². The third kappa shape index (κ3) is 7.58. The number of hydrogen-bond donors (Lipinski definition) is 3. The molecule has 162 valence electrons. The number of nitrogens with zero attached hydrogens (tertiary/aromatic N) is 1. The van der Waals surface area contributed by atoms with Gasteiger partial charge in [0.15, 0.2) is 6.61 Å². The van der Waals surface area contributed by atoms with Gasteiger partial charge in [0.05, 0.1) is 6.21 Å². The van der Waals surface area contributed by atoms with Crippen molar-refractivity contribution >= 4 is 23.9 Å². The zero-order chi connectivity index (χ0) is 21.9. The molecule has 2 aromatic carbocycles. The van der Waals surface area contributed by atoms with Crippen LogP contribution in [-0.2, 0) is 20.9 Å². The first kappa shape index (κ1) is 22.0. The van der Waals surface area contributed by atoms with Crippen molar-refractivity contribution in [2.75, 3.05) is 6.61 Å². The predicted molar refractivity (Wildman–Crippen MR) is 116 cm³/mol. The summed E-state index contributed by atoms with van der Waals surface area (Å²) in [4.78, 5) is 35.5. The van der Waals surface area contributed by atoms with E-state index < -0.39 is 11.8 Å². The van der Waals surface area contributed by atoms with Gasteiger partial charge in [-0.25, -0.2) is 5.43 Å². The molecule has 3 rings (SSSR count). The molecule has 8 nitrogen and oxygen atoms in total. The lowest BCUT2D eigenvalue weighted by atomic mass is 10.2. The minimum Gasteiger partial charge on any atom is -0.484 e. The van der Waals surface area contributed by atoms with Crippen molar-refractivity contribution < 1.29 is 19.1 Å². The lowest BCUT2D eigenvalue weighted by Gasteiger charge is -2.10. The van der Waals surface area contributed by atoms with Crippen LogP contribution in [0.4, 0.5) is 0 Å². The molecule has 1 fully saturated rings. The van der Waals surface area contributed by atoms with Crippen molar-refractivity contribution in [3.8, 4) is 5.75 Å². The summed E-state index contributed by atoms with van der Waals surface area (Å²) in [6.07, 6.45) is 5.39. The third-order valence-electron chi connectivity index (χ3n) is 4.86. The Labute approximate surface area is 181 Å². The van der Waals surface area contributed by atoms with E-state index in [-0.39, 0.29) is 18.6 Å². The molecule has 0 unspecified atom stereocenters. The first-order valence-corrected chi connectivity index (χ1v) is 10.3. The first-order valence-electron chi connectivity index (χ1n) is 10.3. The molecule has 1 aliphatic carbocycles. The highest BCUT2D eigenvalue weighted by Crippen LogP contribution is 2.17. The van der Waals surface area contributed by atoms with Gasteiger partial charge in [0.1, 0.15) is 5.75 Å².